The summed E-state index contributed by atoms with van der Waals surface area (Å²) in [6, 6.07) is 12.0. The van der Waals surface area contributed by atoms with Gasteiger partial charge in [-0.2, -0.15) is 0 Å². The first kappa shape index (κ1) is 26.3. The molecular weight excluding hydrogens is 444 g/mol. The van der Waals surface area contributed by atoms with Gasteiger partial charge in [0.25, 0.3) is 0 Å². The van der Waals surface area contributed by atoms with E-state index in [0.29, 0.717) is 12.4 Å². The lowest BCUT2D eigenvalue weighted by Gasteiger charge is -2.35. The zero-order chi connectivity index (χ0) is 25.4. The first-order valence-electron chi connectivity index (χ1n) is 12.1. The number of carbonyl (C=O) groups excluding carboxylic acids is 3. The lowest BCUT2D eigenvalue weighted by atomic mass is 9.99. The minimum Gasteiger partial charge on any atom is -0.376 e. The van der Waals surface area contributed by atoms with Gasteiger partial charge in [-0.15, -0.1) is 0 Å². The van der Waals surface area contributed by atoms with Crippen LogP contribution < -0.4 is 10.6 Å². The van der Waals surface area contributed by atoms with Gasteiger partial charge in [0.2, 0.25) is 17.7 Å². The molecule has 35 heavy (non-hydrogen) atoms. The van der Waals surface area contributed by atoms with E-state index in [-0.39, 0.29) is 43.2 Å². The molecule has 188 valence electrons. The summed E-state index contributed by atoms with van der Waals surface area (Å²) in [5.41, 5.74) is 1.31. The molecule has 8 heteroatoms. The number of aryl methyl sites for hydroxylation is 1. The molecule has 0 bridgehead atoms. The van der Waals surface area contributed by atoms with E-state index < -0.39 is 11.6 Å². The largest absolute Gasteiger partial charge is 0.376 e. The van der Waals surface area contributed by atoms with Gasteiger partial charge in [0.05, 0.1) is 6.10 Å². The number of nitrogens with zero attached hydrogens (tertiary/aromatic N) is 2. The van der Waals surface area contributed by atoms with Crippen LogP contribution in [0.3, 0.4) is 0 Å². The van der Waals surface area contributed by atoms with Crippen molar-refractivity contribution in [1.82, 2.24) is 15.2 Å². The van der Waals surface area contributed by atoms with E-state index in [9.17, 15) is 14.4 Å². The molecule has 1 fully saturated rings. The number of rotatable bonds is 9. The predicted octanol–water partition coefficient (Wildman–Crippen LogP) is 3.77. The number of nitrogens with one attached hydrogen (secondary N) is 2. The van der Waals surface area contributed by atoms with E-state index in [1.54, 1.807) is 29.3 Å². The highest BCUT2D eigenvalue weighted by Crippen LogP contribution is 2.26. The first-order chi connectivity index (χ1) is 16.6. The van der Waals surface area contributed by atoms with Gasteiger partial charge in [0, 0.05) is 37.7 Å². The second-order valence-corrected chi connectivity index (χ2v) is 10.00. The van der Waals surface area contributed by atoms with E-state index in [1.165, 1.54) is 0 Å². The van der Waals surface area contributed by atoms with E-state index >= 15 is 0 Å². The Morgan fingerprint density at radius 3 is 2.46 bits per heavy atom. The molecule has 0 aliphatic carbocycles. The molecule has 1 saturated heterocycles. The summed E-state index contributed by atoms with van der Waals surface area (Å²) in [6.45, 7) is 8.63. The van der Waals surface area contributed by atoms with Gasteiger partial charge in [0.1, 0.15) is 11.9 Å². The van der Waals surface area contributed by atoms with Crippen molar-refractivity contribution < 1.29 is 19.1 Å². The van der Waals surface area contributed by atoms with Crippen molar-refractivity contribution in [3.8, 4) is 0 Å². The monoisotopic (exact) mass is 480 g/mol. The normalized spacial score (nSPS) is 16.4. The summed E-state index contributed by atoms with van der Waals surface area (Å²) in [7, 11) is 0. The van der Waals surface area contributed by atoms with Crippen LogP contribution in [0.15, 0.2) is 48.7 Å². The Hall–Kier alpha value is -3.26. The van der Waals surface area contributed by atoms with Crippen LogP contribution in [0.2, 0.25) is 0 Å². The molecule has 0 radical (unpaired) electrons. The lowest BCUT2D eigenvalue weighted by molar-refractivity contribution is -0.143. The van der Waals surface area contributed by atoms with Gasteiger partial charge < -0.3 is 20.3 Å². The van der Waals surface area contributed by atoms with Crippen LogP contribution in [-0.4, -0.2) is 52.4 Å². The minimum atomic E-state index is -0.828. The number of anilines is 1. The van der Waals surface area contributed by atoms with Gasteiger partial charge in [-0.05, 0) is 58.2 Å². The van der Waals surface area contributed by atoms with Crippen LogP contribution in [0.1, 0.15) is 63.6 Å². The summed E-state index contributed by atoms with van der Waals surface area (Å²) < 4.78 is 5.81. The maximum Gasteiger partial charge on any atom is 0.247 e. The molecule has 1 aliphatic heterocycles. The molecular formula is C27H36N4O4. The van der Waals surface area contributed by atoms with Gasteiger partial charge in [0.15, 0.2) is 0 Å². The third-order valence-corrected chi connectivity index (χ3v) is 5.69. The molecule has 1 aromatic carbocycles. The van der Waals surface area contributed by atoms with Crippen molar-refractivity contribution in [2.45, 2.75) is 71.1 Å². The molecule has 0 spiro atoms. The van der Waals surface area contributed by atoms with Gasteiger partial charge in [-0.25, -0.2) is 4.98 Å². The molecule has 2 atom stereocenters. The van der Waals surface area contributed by atoms with Crippen molar-refractivity contribution in [2.75, 3.05) is 18.5 Å². The van der Waals surface area contributed by atoms with Crippen molar-refractivity contribution in [3.05, 3.63) is 59.8 Å². The fourth-order valence-electron chi connectivity index (χ4n) is 4.02. The Bertz CT molecular complexity index is 996. The van der Waals surface area contributed by atoms with Crippen molar-refractivity contribution in [1.29, 1.82) is 0 Å². The fraction of sp³-hybridized carbons (Fsp3) is 0.481. The summed E-state index contributed by atoms with van der Waals surface area (Å²) in [5, 5.41) is 5.73. The fourth-order valence-corrected chi connectivity index (χ4v) is 4.02. The van der Waals surface area contributed by atoms with Gasteiger partial charge >= 0.3 is 0 Å². The Labute approximate surface area is 207 Å². The van der Waals surface area contributed by atoms with Crippen molar-refractivity contribution in [2.24, 2.45) is 0 Å². The Kier molecular flexibility index (Phi) is 8.98. The Morgan fingerprint density at radius 2 is 1.86 bits per heavy atom. The van der Waals surface area contributed by atoms with Crippen LogP contribution in [0.5, 0.6) is 0 Å². The van der Waals surface area contributed by atoms with Gasteiger partial charge in [-0.1, -0.05) is 35.9 Å². The number of ether oxygens (including phenoxy) is 1. The van der Waals surface area contributed by atoms with Crippen LogP contribution in [0, 0.1) is 6.92 Å². The maximum atomic E-state index is 13.5. The molecule has 2 aromatic rings. The molecule has 2 N–H and O–H groups in total. The number of aromatic nitrogens is 1. The number of hydrogen-bond donors (Lipinski definition) is 2. The van der Waals surface area contributed by atoms with Crippen molar-refractivity contribution >= 4 is 23.5 Å². The Balaban J connectivity index is 1.82. The standard InChI is InChI=1S/C27H36N4O4/c1-19-10-12-20(13-11-19)25(26(34)30-27(2,3)4)31(18-21-8-7-17-35-21)24(33)15-14-23(32)29-22-9-5-6-16-28-22/h5-6,9-13,16,21,25H,7-8,14-15,17-18H2,1-4H3,(H,30,34)(H,28,29,32)/t21-,25-/m1/s1. The maximum absolute atomic E-state index is 13.5. The number of hydrogen-bond acceptors (Lipinski definition) is 5. The topological polar surface area (TPSA) is 101 Å². The smallest absolute Gasteiger partial charge is 0.247 e. The van der Waals surface area contributed by atoms with E-state index in [4.69, 9.17) is 4.74 Å². The minimum absolute atomic E-state index is 0.0149. The SMILES string of the molecule is Cc1ccc([C@H](C(=O)NC(C)(C)C)N(C[C@H]2CCCO2)C(=O)CCC(=O)Nc2ccccn2)cc1. The highest BCUT2D eigenvalue weighted by atomic mass is 16.5. The zero-order valence-corrected chi connectivity index (χ0v) is 21.0. The number of pyridine rings is 1. The van der Waals surface area contributed by atoms with Crippen LogP contribution in [-0.2, 0) is 19.1 Å². The van der Waals surface area contributed by atoms with Crippen LogP contribution in [0.4, 0.5) is 5.82 Å². The number of amides is 3. The third kappa shape index (κ3) is 8.17. The molecule has 0 unspecified atom stereocenters. The van der Waals surface area contributed by atoms with Crippen molar-refractivity contribution in [3.63, 3.8) is 0 Å². The first-order valence-corrected chi connectivity index (χ1v) is 12.1. The second-order valence-electron chi connectivity index (χ2n) is 10.00. The Morgan fingerprint density at radius 1 is 1.11 bits per heavy atom. The highest BCUT2D eigenvalue weighted by Gasteiger charge is 2.35. The zero-order valence-electron chi connectivity index (χ0n) is 21.0. The van der Waals surface area contributed by atoms with E-state index in [1.807, 2.05) is 52.0 Å². The van der Waals surface area contributed by atoms with Crippen LogP contribution >= 0.6 is 0 Å². The molecule has 3 rings (SSSR count). The summed E-state index contributed by atoms with van der Waals surface area (Å²) >= 11 is 0. The highest BCUT2D eigenvalue weighted by molar-refractivity contribution is 5.94. The predicted molar refractivity (Wildman–Crippen MR) is 135 cm³/mol. The quantitative estimate of drug-likeness (QED) is 0.569. The number of carbonyl (C=O) groups is 3. The summed E-state index contributed by atoms with van der Waals surface area (Å²) in [4.78, 5) is 45.2. The third-order valence-electron chi connectivity index (χ3n) is 5.69. The summed E-state index contributed by atoms with van der Waals surface area (Å²) in [5.74, 6) is -0.402. The number of benzene rings is 1. The van der Waals surface area contributed by atoms with Crippen LogP contribution in [0.25, 0.3) is 0 Å². The van der Waals surface area contributed by atoms with E-state index in [2.05, 4.69) is 15.6 Å². The molecule has 3 amide bonds. The molecule has 8 nitrogen and oxygen atoms in total. The molecule has 0 saturated carbocycles. The molecule has 1 aromatic heterocycles. The molecule has 1 aliphatic rings. The average molecular weight is 481 g/mol. The van der Waals surface area contributed by atoms with E-state index in [0.717, 1.165) is 24.0 Å². The average Bonchev–Trinajstić information content (AvgIpc) is 3.31. The summed E-state index contributed by atoms with van der Waals surface area (Å²) in [6.07, 6.45) is 3.14. The lowest BCUT2D eigenvalue weighted by Crippen LogP contribution is -2.50. The van der Waals surface area contributed by atoms with Gasteiger partial charge in [-0.3, -0.25) is 14.4 Å². The molecule has 2 heterocycles. The second kappa shape index (κ2) is 11.9.